The van der Waals surface area contributed by atoms with Crippen molar-refractivity contribution in [3.05, 3.63) is 33.9 Å². The Kier molecular flexibility index (Phi) is 4.53. The maximum absolute atomic E-state index is 10.2. The summed E-state index contributed by atoms with van der Waals surface area (Å²) in [5.41, 5.74) is -0.292. The van der Waals surface area contributed by atoms with Crippen LogP contribution in [0.1, 0.15) is 10.4 Å². The molecule has 0 amide bonds. The summed E-state index contributed by atoms with van der Waals surface area (Å²) in [6.45, 7) is 0. The van der Waals surface area contributed by atoms with Gasteiger partial charge in [-0.05, 0) is 6.07 Å². The molecule has 2 radical (unpaired) electrons. The van der Waals surface area contributed by atoms with Gasteiger partial charge < -0.3 is 5.11 Å². The Labute approximate surface area is 93.7 Å². The van der Waals surface area contributed by atoms with Crippen molar-refractivity contribution in [2.45, 2.75) is 0 Å². The molecular weight excluding hydrogens is 369 g/mol. The average Bonchev–Trinajstić information content (AvgIpc) is 2.05. The summed E-state index contributed by atoms with van der Waals surface area (Å²) in [5.74, 6) is -0.254. The maximum atomic E-state index is 10.2. The van der Waals surface area contributed by atoms with Crippen molar-refractivity contribution >= 4 is 39.3 Å². The number of nitrogens with zero attached hydrogens (tertiary/aromatic N) is 1. The predicted molar refractivity (Wildman–Crippen MR) is 48.7 cm³/mol. The molecule has 0 spiro atoms. The van der Waals surface area contributed by atoms with Gasteiger partial charge in [0, 0.05) is 12.1 Å². The first-order valence-corrected chi connectivity index (χ1v) is 3.07. The molecule has 13 heavy (non-hydrogen) atoms. The Morgan fingerprint density at radius 2 is 2.08 bits per heavy atom. The van der Waals surface area contributed by atoms with Crippen molar-refractivity contribution in [3.8, 4) is 5.75 Å². The van der Waals surface area contributed by atoms with Crippen LogP contribution in [0.2, 0.25) is 0 Å². The van der Waals surface area contributed by atoms with Crippen molar-refractivity contribution in [1.82, 2.24) is 0 Å². The van der Waals surface area contributed by atoms with Crippen molar-refractivity contribution in [1.29, 1.82) is 0 Å². The number of carbonyl (C=O) groups is 1. The third-order valence-corrected chi connectivity index (χ3v) is 1.35. The van der Waals surface area contributed by atoms with E-state index in [0.717, 1.165) is 18.2 Å². The Bertz CT molecular complexity index is 339. The van der Waals surface area contributed by atoms with Crippen molar-refractivity contribution in [2.75, 3.05) is 0 Å². The van der Waals surface area contributed by atoms with Crippen LogP contribution < -0.4 is 0 Å². The third-order valence-electron chi connectivity index (χ3n) is 1.35. The molecule has 0 fully saturated rings. The van der Waals surface area contributed by atoms with Gasteiger partial charge in [-0.25, -0.2) is 0 Å². The molecule has 0 saturated carbocycles. The first-order chi connectivity index (χ1) is 5.65. The summed E-state index contributed by atoms with van der Waals surface area (Å²) < 4.78 is 0. The van der Waals surface area contributed by atoms with Crippen LogP contribution in [0.15, 0.2) is 18.2 Å². The number of aldehydes is 1. The average molecular weight is 376 g/mol. The zero-order valence-electron chi connectivity index (χ0n) is 6.64. The predicted octanol–water partition coefficient (Wildman–Crippen LogP) is 0.197. The fourth-order valence-corrected chi connectivity index (χ4v) is 0.750. The quantitative estimate of drug-likeness (QED) is 0.346. The Morgan fingerprint density at radius 1 is 1.46 bits per heavy atom. The minimum atomic E-state index is -0.633. The molecule has 5 nitrogen and oxygen atoms in total. The molecule has 0 heterocycles. The number of non-ortho nitro benzene ring substituents is 1. The van der Waals surface area contributed by atoms with Gasteiger partial charge in [0.05, 0.1) is 10.5 Å². The Morgan fingerprint density at radius 3 is 2.54 bits per heavy atom. The summed E-state index contributed by atoms with van der Waals surface area (Å²) in [6, 6.07) is 3.26. The SMILES string of the molecule is O=Cc1cc([N+](=O)[O-])ccc1O.[PbH2]. The van der Waals surface area contributed by atoms with E-state index >= 15 is 0 Å². The molecule has 1 rings (SSSR count). The number of rotatable bonds is 2. The normalized spacial score (nSPS) is 8.62. The standard InChI is InChI=1S/C7H5NO4.Pb.2H/c9-4-5-3-6(8(11)12)1-2-7(5)10;;;/h1-4,10H;;;. The number of nitro benzene ring substituents is 1. The molecule has 0 atom stereocenters. The molecule has 0 aliphatic rings. The number of nitro groups is 1. The second-order valence-corrected chi connectivity index (χ2v) is 2.12. The van der Waals surface area contributed by atoms with E-state index in [9.17, 15) is 14.9 Å². The zero-order valence-corrected chi connectivity index (χ0v) is 12.1. The van der Waals surface area contributed by atoms with Crippen molar-refractivity contribution in [2.24, 2.45) is 0 Å². The van der Waals surface area contributed by atoms with E-state index in [1.165, 1.54) is 0 Å². The topological polar surface area (TPSA) is 80.4 Å². The van der Waals surface area contributed by atoms with Crippen molar-refractivity contribution in [3.63, 3.8) is 0 Å². The van der Waals surface area contributed by atoms with Gasteiger partial charge in [0.2, 0.25) is 0 Å². The molecule has 0 aliphatic heterocycles. The van der Waals surface area contributed by atoms with Gasteiger partial charge in [-0.3, -0.25) is 14.9 Å². The molecule has 0 bridgehead atoms. The summed E-state index contributed by atoms with van der Waals surface area (Å²) >= 11 is 0. The summed E-state index contributed by atoms with van der Waals surface area (Å²) in [6.07, 6.45) is 0.363. The molecule has 0 unspecified atom stereocenters. The van der Waals surface area contributed by atoms with E-state index in [0.29, 0.717) is 6.29 Å². The molecule has 1 aromatic rings. The van der Waals surface area contributed by atoms with E-state index < -0.39 is 4.92 Å². The van der Waals surface area contributed by atoms with Gasteiger partial charge in [0.15, 0.2) is 6.29 Å². The van der Waals surface area contributed by atoms with Gasteiger partial charge in [0.1, 0.15) is 5.75 Å². The van der Waals surface area contributed by atoms with Gasteiger partial charge in [-0.2, -0.15) is 0 Å². The van der Waals surface area contributed by atoms with Crippen LogP contribution in [0.25, 0.3) is 0 Å². The third kappa shape index (κ3) is 2.76. The van der Waals surface area contributed by atoms with E-state index in [2.05, 4.69) is 0 Å². The molecule has 0 saturated heterocycles. The molecule has 68 valence electrons. The second-order valence-electron chi connectivity index (χ2n) is 2.12. The fourth-order valence-electron chi connectivity index (χ4n) is 0.750. The van der Waals surface area contributed by atoms with Gasteiger partial charge in [-0.1, -0.05) is 0 Å². The monoisotopic (exact) mass is 377 g/mol. The van der Waals surface area contributed by atoms with Crippen LogP contribution in [0.4, 0.5) is 5.69 Å². The summed E-state index contributed by atoms with van der Waals surface area (Å²) in [4.78, 5) is 19.8. The van der Waals surface area contributed by atoms with Crippen LogP contribution in [0.5, 0.6) is 5.75 Å². The van der Waals surface area contributed by atoms with Crippen LogP contribution in [-0.2, 0) is 0 Å². The van der Waals surface area contributed by atoms with Crippen LogP contribution in [0, 0.1) is 10.1 Å². The number of hydrogen-bond acceptors (Lipinski definition) is 4. The summed E-state index contributed by atoms with van der Waals surface area (Å²) in [7, 11) is 0. The number of phenolic OH excluding ortho intramolecular Hbond substituents is 1. The first kappa shape index (κ1) is 12.0. The molecule has 0 aliphatic carbocycles. The number of phenols is 1. The molecule has 0 aromatic heterocycles. The number of hydrogen-bond donors (Lipinski definition) is 1. The van der Waals surface area contributed by atoms with Crippen LogP contribution >= 0.6 is 0 Å². The summed E-state index contributed by atoms with van der Waals surface area (Å²) in [5, 5.41) is 19.2. The number of aromatic hydroxyl groups is 1. The molecular formula is C7H7NO4Pb. The van der Waals surface area contributed by atoms with Gasteiger partial charge >= 0.3 is 27.3 Å². The van der Waals surface area contributed by atoms with Gasteiger partial charge in [-0.15, -0.1) is 0 Å². The van der Waals surface area contributed by atoms with E-state index in [4.69, 9.17) is 5.11 Å². The molecule has 1 aromatic carbocycles. The van der Waals surface area contributed by atoms with E-state index in [-0.39, 0.29) is 44.3 Å². The van der Waals surface area contributed by atoms with E-state index in [1.807, 2.05) is 0 Å². The Hall–Kier alpha value is -0.988. The number of benzene rings is 1. The fraction of sp³-hybridized carbons (Fsp3) is 0. The number of carbonyl (C=O) groups excluding carboxylic acids is 1. The zero-order chi connectivity index (χ0) is 9.14. The van der Waals surface area contributed by atoms with E-state index in [1.54, 1.807) is 0 Å². The molecule has 6 heteroatoms. The minimum absolute atomic E-state index is 0. The second kappa shape index (κ2) is 4.90. The van der Waals surface area contributed by atoms with Crippen molar-refractivity contribution < 1.29 is 14.8 Å². The Balaban J connectivity index is 0.00000144. The van der Waals surface area contributed by atoms with Crippen LogP contribution in [0.3, 0.4) is 0 Å². The molecule has 1 N–H and O–H groups in total. The first-order valence-electron chi connectivity index (χ1n) is 3.07. The van der Waals surface area contributed by atoms with Crippen LogP contribution in [-0.4, -0.2) is 43.6 Å². The van der Waals surface area contributed by atoms with Gasteiger partial charge in [0.25, 0.3) is 5.69 Å².